The Balaban J connectivity index is 0.000000151. The molecule has 7 heterocycles. The molecular formula is C36H42N16. The van der Waals surface area contributed by atoms with Gasteiger partial charge in [-0.1, -0.05) is 18.2 Å². The molecule has 52 heavy (non-hydrogen) atoms. The molecule has 0 bridgehead atoms. The summed E-state index contributed by atoms with van der Waals surface area (Å²) < 4.78 is 0. The smallest absolute Gasteiger partial charge is 0.203 e. The van der Waals surface area contributed by atoms with E-state index < -0.39 is 0 Å². The van der Waals surface area contributed by atoms with Crippen LogP contribution in [0.5, 0.6) is 0 Å². The Bertz CT molecular complexity index is 2320. The van der Waals surface area contributed by atoms with Crippen LogP contribution < -0.4 is 40.1 Å². The van der Waals surface area contributed by atoms with Crippen LogP contribution in [0.3, 0.4) is 0 Å². The fourth-order valence-electron chi connectivity index (χ4n) is 5.28. The summed E-state index contributed by atoms with van der Waals surface area (Å²) in [5, 5.41) is 10.6. The molecule has 15 N–H and O–H groups in total. The van der Waals surface area contributed by atoms with Gasteiger partial charge in [0.15, 0.2) is 0 Å². The van der Waals surface area contributed by atoms with E-state index in [4.69, 9.17) is 40.1 Å². The topological polar surface area (TPSA) is 301 Å². The first-order valence-electron chi connectivity index (χ1n) is 16.2. The van der Waals surface area contributed by atoms with Crippen LogP contribution in [-0.2, 0) is 19.3 Å². The summed E-state index contributed by atoms with van der Waals surface area (Å²) >= 11 is 0. The molecule has 0 atom stereocenters. The van der Waals surface area contributed by atoms with E-state index in [2.05, 4.69) is 45.3 Å². The van der Waals surface area contributed by atoms with Crippen molar-refractivity contribution >= 4 is 51.6 Å². The molecule has 0 amide bonds. The fourth-order valence-corrected chi connectivity index (χ4v) is 5.28. The van der Waals surface area contributed by atoms with Crippen molar-refractivity contribution in [1.29, 1.82) is 0 Å². The summed E-state index contributed by atoms with van der Waals surface area (Å²) in [7, 11) is 0. The lowest BCUT2D eigenvalue weighted by molar-refractivity contribution is 0.952. The van der Waals surface area contributed by atoms with Crippen molar-refractivity contribution < 1.29 is 0 Å². The molecule has 7 rings (SSSR count). The van der Waals surface area contributed by atoms with Crippen LogP contribution in [0.1, 0.15) is 50.9 Å². The van der Waals surface area contributed by atoms with Gasteiger partial charge in [-0.05, 0) is 86.5 Å². The number of H-pyrrole nitrogens is 1. The van der Waals surface area contributed by atoms with E-state index in [9.17, 15) is 0 Å². The molecule has 7 aromatic heterocycles. The lowest BCUT2D eigenvalue weighted by Crippen LogP contribution is -2.06. The number of aromatic amines is 1. The van der Waals surface area contributed by atoms with Crippen LogP contribution in [0, 0.1) is 20.8 Å². The van der Waals surface area contributed by atoms with Gasteiger partial charge in [-0.25, -0.2) is 15.0 Å². The van der Waals surface area contributed by atoms with Crippen molar-refractivity contribution in [3.63, 3.8) is 0 Å². The average Bonchev–Trinajstić information content (AvgIpc) is 3.56. The van der Waals surface area contributed by atoms with Crippen molar-refractivity contribution in [2.24, 2.45) is 0 Å². The number of nitrogens with two attached hydrogens (primary N) is 7. The van der Waals surface area contributed by atoms with Crippen LogP contribution in [0.15, 0.2) is 72.8 Å². The molecule has 0 aliphatic heterocycles. The van der Waals surface area contributed by atoms with Crippen molar-refractivity contribution in [2.45, 2.75) is 40.0 Å². The number of nitrogens with zero attached hydrogens (tertiary/aromatic N) is 8. The number of hydrogen-bond donors (Lipinski definition) is 8. The highest BCUT2D eigenvalue weighted by Crippen LogP contribution is 2.23. The van der Waals surface area contributed by atoms with Gasteiger partial charge in [0.1, 0.15) is 34.6 Å². The summed E-state index contributed by atoms with van der Waals surface area (Å²) in [6.45, 7) is 5.86. The van der Waals surface area contributed by atoms with Gasteiger partial charge < -0.3 is 40.1 Å². The molecule has 0 fully saturated rings. The number of pyridine rings is 6. The number of hydrogen-bond acceptors (Lipinski definition) is 15. The predicted molar refractivity (Wildman–Crippen MR) is 206 cm³/mol. The third kappa shape index (κ3) is 9.53. The van der Waals surface area contributed by atoms with Crippen molar-refractivity contribution in [2.75, 3.05) is 40.1 Å². The quantitative estimate of drug-likeness (QED) is 0.123. The molecule has 0 spiro atoms. The third-order valence-corrected chi connectivity index (χ3v) is 7.73. The number of rotatable bonds is 6. The lowest BCUT2D eigenvalue weighted by Gasteiger charge is -2.08. The van der Waals surface area contributed by atoms with Crippen LogP contribution >= 0.6 is 0 Å². The molecule has 16 nitrogen and oxygen atoms in total. The first-order chi connectivity index (χ1) is 24.8. The Morgan fingerprint density at radius 3 is 1.54 bits per heavy atom. The largest absolute Gasteiger partial charge is 0.396 e. The zero-order valence-corrected chi connectivity index (χ0v) is 29.2. The van der Waals surface area contributed by atoms with Crippen molar-refractivity contribution in [3.8, 4) is 0 Å². The Kier molecular flexibility index (Phi) is 11.2. The second kappa shape index (κ2) is 16.1. The Morgan fingerprint density at radius 1 is 0.481 bits per heavy atom. The summed E-state index contributed by atoms with van der Waals surface area (Å²) in [5.41, 5.74) is 50.7. The number of aryl methyl sites for hydroxylation is 3. The average molecular weight is 699 g/mol. The summed E-state index contributed by atoms with van der Waals surface area (Å²) in [6.07, 6.45) is 1.87. The predicted octanol–water partition coefficient (Wildman–Crippen LogP) is 3.47. The van der Waals surface area contributed by atoms with E-state index in [0.29, 0.717) is 53.7 Å². The molecule has 0 saturated carbocycles. The normalized spacial score (nSPS) is 10.6. The molecule has 7 aromatic rings. The maximum atomic E-state index is 5.87. The highest BCUT2D eigenvalue weighted by molar-refractivity contribution is 5.76. The van der Waals surface area contributed by atoms with E-state index in [-0.39, 0.29) is 11.6 Å². The molecule has 0 aliphatic carbocycles. The highest BCUT2D eigenvalue weighted by atomic mass is 15.3. The van der Waals surface area contributed by atoms with Gasteiger partial charge >= 0.3 is 0 Å². The number of nitrogens with one attached hydrogen (secondary N) is 1. The van der Waals surface area contributed by atoms with Crippen LogP contribution in [-0.4, -0.2) is 45.3 Å². The maximum Gasteiger partial charge on any atom is 0.203 e. The lowest BCUT2D eigenvalue weighted by atomic mass is 10.1. The van der Waals surface area contributed by atoms with Crippen LogP contribution in [0.25, 0.3) is 11.2 Å². The van der Waals surface area contributed by atoms with Crippen molar-refractivity contribution in [3.05, 3.63) is 124 Å². The minimum Gasteiger partial charge on any atom is -0.396 e. The second-order valence-electron chi connectivity index (χ2n) is 12.1. The minimum absolute atomic E-state index is 0.267. The maximum absolute atomic E-state index is 5.87. The molecule has 16 heteroatoms. The van der Waals surface area contributed by atoms with E-state index in [1.807, 2.05) is 81.4 Å². The molecule has 266 valence electrons. The highest BCUT2D eigenvalue weighted by Gasteiger charge is 2.11. The molecule has 0 unspecified atom stereocenters. The van der Waals surface area contributed by atoms with Crippen LogP contribution in [0.2, 0.25) is 0 Å². The minimum atomic E-state index is 0.267. The third-order valence-electron chi connectivity index (χ3n) is 7.73. The van der Waals surface area contributed by atoms with E-state index in [1.165, 1.54) is 0 Å². The molecular weight excluding hydrogens is 657 g/mol. The zero-order valence-electron chi connectivity index (χ0n) is 29.2. The van der Waals surface area contributed by atoms with Gasteiger partial charge in [-0.15, -0.1) is 5.10 Å². The monoisotopic (exact) mass is 698 g/mol. The number of anilines is 7. The van der Waals surface area contributed by atoms with E-state index in [0.717, 1.165) is 56.4 Å². The van der Waals surface area contributed by atoms with Gasteiger partial charge in [-0.2, -0.15) is 10.3 Å². The first-order valence-corrected chi connectivity index (χ1v) is 16.2. The van der Waals surface area contributed by atoms with E-state index >= 15 is 0 Å². The van der Waals surface area contributed by atoms with Gasteiger partial charge in [0.2, 0.25) is 5.65 Å². The zero-order chi connectivity index (χ0) is 37.4. The molecule has 0 aliphatic rings. The fraction of sp³-hybridized carbons (Fsp3) is 0.167. The number of fused-ring (bicyclic) bond motifs is 1. The molecule has 0 aromatic carbocycles. The van der Waals surface area contributed by atoms with Gasteiger partial charge in [-0.3, -0.25) is 15.0 Å². The van der Waals surface area contributed by atoms with Gasteiger partial charge in [0, 0.05) is 59.0 Å². The summed E-state index contributed by atoms with van der Waals surface area (Å²) in [5.74, 6) is 1.76. The summed E-state index contributed by atoms with van der Waals surface area (Å²) in [6, 6.07) is 22.9. The number of aromatic nitrogens is 9. The van der Waals surface area contributed by atoms with Gasteiger partial charge in [0.25, 0.3) is 0 Å². The summed E-state index contributed by atoms with van der Waals surface area (Å²) in [4.78, 5) is 25.3. The molecule has 0 radical (unpaired) electrons. The van der Waals surface area contributed by atoms with Crippen LogP contribution in [0.4, 0.5) is 40.5 Å². The van der Waals surface area contributed by atoms with Crippen molar-refractivity contribution in [1.82, 2.24) is 45.3 Å². The standard InChI is InChI=1S/C12H12N6.2C12H15N5/c1-7-3-2-4-9(14-7)5-8-6-10(13)15-12-11(8)16-18-17-12;1-7-3-2-4-9(16-7)5-8-6-10(13)17-12(15)11(8)14;1-7-3-2-4-9(16-7)5-8-6-10(13)12(15)17-11(8)14/h2-4,6H,5H2,1H3,(H3,13,15,16,17,18);2-4,6H,5,14H2,1H3,(H4,13,15,17);2-4,6H,5,13H2,1H3,(H4,14,15,17). The second-order valence-corrected chi connectivity index (χ2v) is 12.1. The van der Waals surface area contributed by atoms with Gasteiger partial charge in [0.05, 0.1) is 11.4 Å². The Labute approximate surface area is 300 Å². The van der Waals surface area contributed by atoms with E-state index in [1.54, 1.807) is 12.1 Å². The first kappa shape index (κ1) is 36.2. The number of nitrogen functional groups attached to an aromatic ring is 7. The SMILES string of the molecule is Cc1cccc(Cc2cc(N)c(N)nc2N)n1.Cc1cccc(Cc2cc(N)nc(N)c2N)n1.Cc1cccc(Cc2cc(N)nc3n[nH]nc23)n1. The Hall–Kier alpha value is -7.10. The molecule has 0 saturated heterocycles. The Morgan fingerprint density at radius 2 is 0.981 bits per heavy atom.